The number of nitrogens with one attached hydrogen (secondary N) is 1. The number of sulfonamides is 1. The molecule has 0 spiro atoms. The average molecular weight is 404 g/mol. The molecule has 0 atom stereocenters. The smallest absolute Gasteiger partial charge is 0.294 e. The fraction of sp³-hybridized carbons (Fsp3) is 0.368. The first kappa shape index (κ1) is 20.2. The first-order valence-corrected chi connectivity index (χ1v) is 10.7. The van der Waals surface area contributed by atoms with Crippen LogP contribution < -0.4 is 10.5 Å². The molecule has 2 aromatic rings. The van der Waals surface area contributed by atoms with Crippen molar-refractivity contribution in [3.63, 3.8) is 0 Å². The second-order valence-electron chi connectivity index (χ2n) is 7.26. The Morgan fingerprint density at radius 2 is 1.82 bits per heavy atom. The summed E-state index contributed by atoms with van der Waals surface area (Å²) in [6, 6.07) is 11.3. The van der Waals surface area contributed by atoms with E-state index in [-0.39, 0.29) is 16.3 Å². The molecule has 1 fully saturated rings. The van der Waals surface area contributed by atoms with Gasteiger partial charge in [0.05, 0.1) is 9.82 Å². The Balaban J connectivity index is 1.72. The molecule has 1 heterocycles. The lowest BCUT2D eigenvalue weighted by Gasteiger charge is -2.30. The summed E-state index contributed by atoms with van der Waals surface area (Å²) < 4.78 is 22.9. The van der Waals surface area contributed by atoms with Crippen molar-refractivity contribution in [2.24, 2.45) is 11.1 Å². The SMILES string of the molecule is CC1CCN(Cc2ccc(Nc3ccc(S(N)(=O)=O)cc3[N+](=O)[O-])cc2)CC1. The average Bonchev–Trinajstić information content (AvgIpc) is 2.64. The summed E-state index contributed by atoms with van der Waals surface area (Å²) in [5, 5.41) is 19.3. The maximum absolute atomic E-state index is 11.4. The molecule has 0 aliphatic carbocycles. The van der Waals surface area contributed by atoms with Gasteiger partial charge in [-0.15, -0.1) is 0 Å². The summed E-state index contributed by atoms with van der Waals surface area (Å²) in [7, 11) is -4.01. The largest absolute Gasteiger partial charge is 0.350 e. The normalized spacial score (nSPS) is 16.1. The standard InChI is InChI=1S/C19H24N4O4S/c1-14-8-10-22(11-9-14)13-15-2-4-16(5-3-15)21-18-7-6-17(28(20,26)27)12-19(18)23(24)25/h2-7,12,14,21H,8-11,13H2,1H3,(H2,20,26,27). The molecule has 3 rings (SSSR count). The third-order valence-electron chi connectivity index (χ3n) is 5.01. The van der Waals surface area contributed by atoms with Crippen LogP contribution in [-0.2, 0) is 16.6 Å². The van der Waals surface area contributed by atoms with Crippen molar-refractivity contribution in [1.29, 1.82) is 0 Å². The van der Waals surface area contributed by atoms with Gasteiger partial charge >= 0.3 is 0 Å². The maximum atomic E-state index is 11.4. The Morgan fingerprint density at radius 3 is 2.39 bits per heavy atom. The minimum absolute atomic E-state index is 0.204. The minimum Gasteiger partial charge on any atom is -0.350 e. The number of hydrogen-bond donors (Lipinski definition) is 2. The second kappa shape index (κ2) is 8.26. The summed E-state index contributed by atoms with van der Waals surface area (Å²) in [6.45, 7) is 5.37. The van der Waals surface area contributed by atoms with Crippen LogP contribution in [0.5, 0.6) is 0 Å². The molecule has 28 heavy (non-hydrogen) atoms. The summed E-state index contributed by atoms with van der Waals surface area (Å²) in [5.41, 5.74) is 1.72. The Bertz CT molecular complexity index is 952. The van der Waals surface area contributed by atoms with Crippen molar-refractivity contribution < 1.29 is 13.3 Å². The van der Waals surface area contributed by atoms with E-state index in [9.17, 15) is 18.5 Å². The molecule has 9 heteroatoms. The summed E-state index contributed by atoms with van der Waals surface area (Å²) in [5.74, 6) is 0.791. The van der Waals surface area contributed by atoms with Crippen LogP contribution in [0.4, 0.5) is 17.1 Å². The first-order chi connectivity index (χ1) is 13.2. The predicted molar refractivity (Wildman–Crippen MR) is 108 cm³/mol. The van der Waals surface area contributed by atoms with E-state index in [2.05, 4.69) is 17.1 Å². The molecular formula is C19H24N4O4S. The summed E-state index contributed by atoms with van der Waals surface area (Å²) >= 11 is 0. The van der Waals surface area contributed by atoms with Crippen molar-refractivity contribution in [2.75, 3.05) is 18.4 Å². The van der Waals surface area contributed by atoms with Crippen molar-refractivity contribution in [3.8, 4) is 0 Å². The molecule has 3 N–H and O–H groups in total. The number of nitrogens with two attached hydrogens (primary N) is 1. The van der Waals surface area contributed by atoms with E-state index >= 15 is 0 Å². The van der Waals surface area contributed by atoms with Crippen LogP contribution in [0, 0.1) is 16.0 Å². The fourth-order valence-corrected chi connectivity index (χ4v) is 3.81. The zero-order valence-corrected chi connectivity index (χ0v) is 16.5. The van der Waals surface area contributed by atoms with Gasteiger partial charge in [-0.2, -0.15) is 0 Å². The van der Waals surface area contributed by atoms with Gasteiger partial charge in [0.2, 0.25) is 10.0 Å². The van der Waals surface area contributed by atoms with Crippen LogP contribution in [0.2, 0.25) is 0 Å². The van der Waals surface area contributed by atoms with Crippen molar-refractivity contribution in [3.05, 3.63) is 58.1 Å². The van der Waals surface area contributed by atoms with Gasteiger partial charge in [0.15, 0.2) is 0 Å². The Labute approximate surface area is 164 Å². The topological polar surface area (TPSA) is 119 Å². The van der Waals surface area contributed by atoms with E-state index in [0.29, 0.717) is 5.69 Å². The van der Waals surface area contributed by atoms with Crippen LogP contribution in [-0.4, -0.2) is 31.3 Å². The van der Waals surface area contributed by atoms with E-state index in [0.717, 1.165) is 31.6 Å². The number of nitrogens with zero attached hydrogens (tertiary/aromatic N) is 2. The van der Waals surface area contributed by atoms with Gasteiger partial charge < -0.3 is 5.32 Å². The highest BCUT2D eigenvalue weighted by Gasteiger charge is 2.19. The molecule has 1 aliphatic rings. The van der Waals surface area contributed by atoms with E-state index in [1.54, 1.807) is 0 Å². The van der Waals surface area contributed by atoms with E-state index < -0.39 is 14.9 Å². The van der Waals surface area contributed by atoms with Crippen molar-refractivity contribution in [1.82, 2.24) is 4.90 Å². The molecule has 0 bridgehead atoms. The van der Waals surface area contributed by atoms with Gasteiger partial charge in [-0.05, 0) is 61.7 Å². The van der Waals surface area contributed by atoms with E-state index in [1.165, 1.54) is 30.5 Å². The van der Waals surface area contributed by atoms with Crippen LogP contribution in [0.3, 0.4) is 0 Å². The third-order valence-corrected chi connectivity index (χ3v) is 5.92. The molecule has 1 saturated heterocycles. The number of rotatable bonds is 6. The van der Waals surface area contributed by atoms with Gasteiger partial charge in [0.1, 0.15) is 5.69 Å². The number of likely N-dealkylation sites (tertiary alicyclic amines) is 1. The van der Waals surface area contributed by atoms with E-state index in [4.69, 9.17) is 5.14 Å². The highest BCUT2D eigenvalue weighted by Crippen LogP contribution is 2.30. The van der Waals surface area contributed by atoms with Gasteiger partial charge in [-0.3, -0.25) is 15.0 Å². The molecule has 8 nitrogen and oxygen atoms in total. The maximum Gasteiger partial charge on any atom is 0.294 e. The lowest BCUT2D eigenvalue weighted by Crippen LogP contribution is -2.32. The zero-order chi connectivity index (χ0) is 20.3. The van der Waals surface area contributed by atoms with Crippen LogP contribution in [0.25, 0.3) is 0 Å². The van der Waals surface area contributed by atoms with Gasteiger partial charge in [0, 0.05) is 18.3 Å². The molecule has 2 aromatic carbocycles. The number of nitro groups is 1. The van der Waals surface area contributed by atoms with Crippen LogP contribution in [0.1, 0.15) is 25.3 Å². The number of hydrogen-bond acceptors (Lipinski definition) is 6. The molecule has 0 aromatic heterocycles. The second-order valence-corrected chi connectivity index (χ2v) is 8.82. The lowest BCUT2D eigenvalue weighted by atomic mass is 9.99. The Hall–Kier alpha value is -2.49. The van der Waals surface area contributed by atoms with Gasteiger partial charge in [0.25, 0.3) is 5.69 Å². The third kappa shape index (κ3) is 5.06. The molecule has 0 unspecified atom stereocenters. The number of primary sulfonamides is 1. The first-order valence-electron chi connectivity index (χ1n) is 9.12. The van der Waals surface area contributed by atoms with Crippen LogP contribution >= 0.6 is 0 Å². The highest BCUT2D eigenvalue weighted by molar-refractivity contribution is 7.89. The summed E-state index contributed by atoms with van der Waals surface area (Å²) in [6.07, 6.45) is 2.44. The fourth-order valence-electron chi connectivity index (χ4n) is 3.27. The molecule has 150 valence electrons. The Morgan fingerprint density at radius 1 is 1.18 bits per heavy atom. The van der Waals surface area contributed by atoms with Crippen LogP contribution in [0.15, 0.2) is 47.4 Å². The molecule has 0 amide bonds. The van der Waals surface area contributed by atoms with Crippen molar-refractivity contribution in [2.45, 2.75) is 31.2 Å². The Kier molecular flexibility index (Phi) is 5.97. The number of piperidine rings is 1. The number of anilines is 2. The molecular weight excluding hydrogens is 380 g/mol. The molecule has 0 radical (unpaired) electrons. The van der Waals surface area contributed by atoms with Gasteiger partial charge in [-0.1, -0.05) is 19.1 Å². The molecule has 1 aliphatic heterocycles. The number of benzene rings is 2. The highest BCUT2D eigenvalue weighted by atomic mass is 32.2. The quantitative estimate of drug-likeness (QED) is 0.564. The summed E-state index contributed by atoms with van der Waals surface area (Å²) in [4.78, 5) is 12.8. The van der Waals surface area contributed by atoms with Crippen molar-refractivity contribution >= 4 is 27.1 Å². The zero-order valence-electron chi connectivity index (χ0n) is 15.7. The number of nitro benzene ring substituents is 1. The van der Waals surface area contributed by atoms with E-state index in [1.807, 2.05) is 24.3 Å². The minimum atomic E-state index is -4.01. The molecule has 0 saturated carbocycles. The predicted octanol–water partition coefficient (Wildman–Crippen LogP) is 3.22. The van der Waals surface area contributed by atoms with Gasteiger partial charge in [-0.25, -0.2) is 13.6 Å². The lowest BCUT2D eigenvalue weighted by molar-refractivity contribution is -0.384. The monoisotopic (exact) mass is 404 g/mol.